The van der Waals surface area contributed by atoms with Crippen molar-refractivity contribution in [1.29, 1.82) is 0 Å². The lowest BCUT2D eigenvalue weighted by atomic mass is 9.74. The standard InChI is InChI=1S/C24H23NO7/c1-25(14-15-10-6-5-7-11-15)24-17-13-9-8-12-16(17)23(32-24,22(28)31-4)18(20(26)29-2)19(24)21(27)30-3/h5-13H,14H2,1-4H3/t23-,24+/m0/s1. The topological polar surface area (TPSA) is 91.4 Å². The van der Waals surface area contributed by atoms with Crippen molar-refractivity contribution in [3.63, 3.8) is 0 Å². The van der Waals surface area contributed by atoms with E-state index in [0.717, 1.165) is 5.56 Å². The molecule has 0 unspecified atom stereocenters. The fourth-order valence-corrected chi connectivity index (χ4v) is 4.66. The van der Waals surface area contributed by atoms with Gasteiger partial charge in [0.15, 0.2) is 5.72 Å². The van der Waals surface area contributed by atoms with Crippen LogP contribution in [-0.2, 0) is 51.2 Å². The molecule has 2 aromatic carbocycles. The van der Waals surface area contributed by atoms with Gasteiger partial charge in [0.2, 0.25) is 5.60 Å². The number of carbonyl (C=O) groups excluding carboxylic acids is 3. The van der Waals surface area contributed by atoms with Crippen LogP contribution in [0.2, 0.25) is 0 Å². The van der Waals surface area contributed by atoms with Crippen LogP contribution < -0.4 is 0 Å². The van der Waals surface area contributed by atoms with E-state index in [4.69, 9.17) is 18.9 Å². The summed E-state index contributed by atoms with van der Waals surface area (Å²) in [5, 5.41) is 0. The third-order valence-electron chi connectivity index (χ3n) is 5.97. The minimum atomic E-state index is -1.97. The van der Waals surface area contributed by atoms with Crippen molar-refractivity contribution in [3.05, 3.63) is 82.4 Å². The Kier molecular flexibility index (Phi) is 5.36. The van der Waals surface area contributed by atoms with E-state index >= 15 is 0 Å². The molecule has 0 N–H and O–H groups in total. The van der Waals surface area contributed by atoms with Crippen LogP contribution in [0.4, 0.5) is 0 Å². The predicted octanol–water partition coefficient (Wildman–Crippen LogP) is 2.03. The van der Waals surface area contributed by atoms with Gasteiger partial charge in [0.25, 0.3) is 0 Å². The molecule has 0 saturated carbocycles. The van der Waals surface area contributed by atoms with Crippen molar-refractivity contribution >= 4 is 17.9 Å². The highest BCUT2D eigenvalue weighted by molar-refractivity contribution is 6.11. The number of nitrogens with zero attached hydrogens (tertiary/aromatic N) is 1. The van der Waals surface area contributed by atoms with E-state index in [-0.39, 0.29) is 11.1 Å². The monoisotopic (exact) mass is 437 g/mol. The Bertz CT molecular complexity index is 1130. The first kappa shape index (κ1) is 21.7. The minimum absolute atomic E-state index is 0.102. The Morgan fingerprint density at radius 2 is 1.38 bits per heavy atom. The smallest absolute Gasteiger partial charge is 0.348 e. The highest BCUT2D eigenvalue weighted by Gasteiger charge is 2.73. The maximum atomic E-state index is 13.2. The van der Waals surface area contributed by atoms with Crippen LogP contribution in [0.3, 0.4) is 0 Å². The normalized spacial score (nSPS) is 23.2. The first-order valence-corrected chi connectivity index (χ1v) is 9.94. The summed E-state index contributed by atoms with van der Waals surface area (Å²) in [6.07, 6.45) is 0. The maximum Gasteiger partial charge on any atom is 0.348 e. The Balaban J connectivity index is 2.04. The van der Waals surface area contributed by atoms with Crippen LogP contribution in [-0.4, -0.2) is 51.2 Å². The zero-order chi connectivity index (χ0) is 23.1. The molecule has 2 heterocycles. The number of benzene rings is 2. The number of carbonyl (C=O) groups is 3. The molecule has 2 atom stereocenters. The van der Waals surface area contributed by atoms with Crippen LogP contribution >= 0.6 is 0 Å². The lowest BCUT2D eigenvalue weighted by Crippen LogP contribution is -2.46. The highest BCUT2D eigenvalue weighted by Crippen LogP contribution is 2.63. The van der Waals surface area contributed by atoms with E-state index in [0.29, 0.717) is 17.7 Å². The summed E-state index contributed by atoms with van der Waals surface area (Å²) < 4.78 is 21.5. The number of esters is 3. The molecule has 2 aliphatic rings. The van der Waals surface area contributed by atoms with Gasteiger partial charge in [-0.25, -0.2) is 14.4 Å². The average molecular weight is 437 g/mol. The molecule has 0 spiro atoms. The molecule has 0 radical (unpaired) electrons. The molecule has 166 valence electrons. The van der Waals surface area contributed by atoms with Crippen molar-refractivity contribution in [3.8, 4) is 0 Å². The van der Waals surface area contributed by atoms with Gasteiger partial charge in [-0.2, -0.15) is 0 Å². The average Bonchev–Trinajstić information content (AvgIpc) is 3.33. The largest absolute Gasteiger partial charge is 0.466 e. The Hall–Kier alpha value is -3.49. The minimum Gasteiger partial charge on any atom is -0.466 e. The van der Waals surface area contributed by atoms with E-state index in [1.807, 2.05) is 30.3 Å². The second-order valence-corrected chi connectivity index (χ2v) is 7.54. The summed E-state index contributed by atoms with van der Waals surface area (Å²) in [7, 11) is 5.33. The van der Waals surface area contributed by atoms with Crippen LogP contribution in [0.25, 0.3) is 0 Å². The Labute approximate surface area is 185 Å². The fraction of sp³-hybridized carbons (Fsp3) is 0.292. The second kappa shape index (κ2) is 7.89. The molecule has 8 nitrogen and oxygen atoms in total. The lowest BCUT2D eigenvalue weighted by Gasteiger charge is -2.37. The van der Waals surface area contributed by atoms with Crippen LogP contribution in [0.1, 0.15) is 16.7 Å². The molecular formula is C24H23NO7. The van der Waals surface area contributed by atoms with Gasteiger partial charge in [0, 0.05) is 17.7 Å². The summed E-state index contributed by atoms with van der Waals surface area (Å²) >= 11 is 0. The highest BCUT2D eigenvalue weighted by atomic mass is 16.6. The van der Waals surface area contributed by atoms with Gasteiger partial charge in [-0.15, -0.1) is 0 Å². The molecule has 2 aromatic rings. The predicted molar refractivity (Wildman–Crippen MR) is 112 cm³/mol. The van der Waals surface area contributed by atoms with E-state index < -0.39 is 29.2 Å². The molecule has 0 fully saturated rings. The first-order chi connectivity index (χ1) is 15.4. The van der Waals surface area contributed by atoms with Crippen molar-refractivity contribution in [1.82, 2.24) is 4.90 Å². The van der Waals surface area contributed by atoms with Gasteiger partial charge < -0.3 is 18.9 Å². The summed E-state index contributed by atoms with van der Waals surface area (Å²) in [6.45, 7) is 0.349. The van der Waals surface area contributed by atoms with Crippen molar-refractivity contribution in [2.45, 2.75) is 17.9 Å². The SMILES string of the molecule is COC(=O)C1=C(C(=O)OC)[C@]2(N(C)Cc3ccccc3)O[C@@]1(C(=O)OC)c1ccccc12. The number of ether oxygens (including phenoxy) is 4. The van der Waals surface area contributed by atoms with Crippen LogP contribution in [0.15, 0.2) is 65.7 Å². The molecule has 8 heteroatoms. The number of likely N-dealkylation sites (N-methyl/N-ethyl adjacent to an activating group) is 1. The zero-order valence-electron chi connectivity index (χ0n) is 18.2. The van der Waals surface area contributed by atoms with Crippen LogP contribution in [0, 0.1) is 0 Å². The third kappa shape index (κ3) is 2.73. The maximum absolute atomic E-state index is 13.2. The number of hydrogen-bond donors (Lipinski definition) is 0. The van der Waals surface area contributed by atoms with Crippen molar-refractivity contribution < 1.29 is 33.3 Å². The van der Waals surface area contributed by atoms with E-state index in [1.165, 1.54) is 21.3 Å². The molecule has 2 aliphatic heterocycles. The quantitative estimate of drug-likeness (QED) is 0.501. The van der Waals surface area contributed by atoms with Gasteiger partial charge in [-0.3, -0.25) is 4.90 Å². The van der Waals surface area contributed by atoms with Gasteiger partial charge in [0.1, 0.15) is 11.1 Å². The summed E-state index contributed by atoms with van der Waals surface area (Å²) in [5.41, 5.74) is -1.97. The zero-order valence-corrected chi connectivity index (χ0v) is 18.2. The second-order valence-electron chi connectivity index (χ2n) is 7.54. The molecule has 4 rings (SSSR count). The molecule has 32 heavy (non-hydrogen) atoms. The summed E-state index contributed by atoms with van der Waals surface area (Å²) in [6, 6.07) is 16.5. The molecular weight excluding hydrogens is 414 g/mol. The van der Waals surface area contributed by atoms with E-state index in [2.05, 4.69) is 0 Å². The number of hydrogen-bond acceptors (Lipinski definition) is 8. The lowest BCUT2D eigenvalue weighted by molar-refractivity contribution is -0.195. The van der Waals surface area contributed by atoms with Gasteiger partial charge in [-0.1, -0.05) is 54.6 Å². The summed E-state index contributed by atoms with van der Waals surface area (Å²) in [5.74, 6) is -2.51. The summed E-state index contributed by atoms with van der Waals surface area (Å²) in [4.78, 5) is 41.1. The molecule has 0 aliphatic carbocycles. The molecule has 0 amide bonds. The van der Waals surface area contributed by atoms with Crippen molar-refractivity contribution in [2.75, 3.05) is 28.4 Å². The number of rotatable bonds is 6. The third-order valence-corrected chi connectivity index (χ3v) is 5.97. The fourth-order valence-electron chi connectivity index (χ4n) is 4.66. The number of methoxy groups -OCH3 is 3. The Morgan fingerprint density at radius 3 is 1.97 bits per heavy atom. The molecule has 2 bridgehead atoms. The Morgan fingerprint density at radius 1 is 0.812 bits per heavy atom. The van der Waals surface area contributed by atoms with Gasteiger partial charge in [-0.05, 0) is 12.6 Å². The van der Waals surface area contributed by atoms with Crippen molar-refractivity contribution in [2.24, 2.45) is 0 Å². The molecule has 0 aromatic heterocycles. The number of fused-ring (bicyclic) bond motifs is 5. The van der Waals surface area contributed by atoms with E-state index in [9.17, 15) is 14.4 Å². The van der Waals surface area contributed by atoms with E-state index in [1.54, 1.807) is 36.2 Å². The first-order valence-electron chi connectivity index (χ1n) is 9.94. The van der Waals surface area contributed by atoms with Gasteiger partial charge in [0.05, 0.1) is 21.3 Å². The van der Waals surface area contributed by atoms with Crippen LogP contribution in [0.5, 0.6) is 0 Å². The molecule has 0 saturated heterocycles. The van der Waals surface area contributed by atoms with Gasteiger partial charge >= 0.3 is 17.9 Å².